The molecule has 2 atom stereocenters. The lowest BCUT2D eigenvalue weighted by Gasteiger charge is -2.22. The molecule has 1 aromatic carbocycles. The van der Waals surface area contributed by atoms with Gasteiger partial charge in [0.1, 0.15) is 5.02 Å². The van der Waals surface area contributed by atoms with Gasteiger partial charge in [-0.25, -0.2) is 8.42 Å². The number of aromatic nitrogens is 2. The fourth-order valence-corrected chi connectivity index (χ4v) is 5.66. The van der Waals surface area contributed by atoms with Crippen LogP contribution in [-0.2, 0) is 19.5 Å². The quantitative estimate of drug-likeness (QED) is 0.644. The minimum Gasteiger partial charge on any atom is -0.382 e. The third-order valence-corrected chi connectivity index (χ3v) is 8.16. The number of hydrogen-bond acceptors (Lipinski definition) is 7. The van der Waals surface area contributed by atoms with Crippen LogP contribution in [0.4, 0.5) is 5.69 Å². The Kier molecular flexibility index (Phi) is 7.16. The first-order chi connectivity index (χ1) is 15.4. The number of hydrogen-bond donors (Lipinski definition) is 1. The number of ether oxygens (including phenoxy) is 2. The molecule has 9 nitrogen and oxygen atoms in total. The molecule has 2 fully saturated rings. The summed E-state index contributed by atoms with van der Waals surface area (Å²) in [5.41, 5.74) is 0.424. The summed E-state index contributed by atoms with van der Waals surface area (Å²) in [6.07, 6.45) is 4.17. The highest BCUT2D eigenvalue weighted by molar-refractivity contribution is 7.89. The van der Waals surface area contributed by atoms with E-state index in [0.717, 1.165) is 24.1 Å². The van der Waals surface area contributed by atoms with Crippen LogP contribution in [0, 0.1) is 5.92 Å². The third kappa shape index (κ3) is 4.84. The van der Waals surface area contributed by atoms with Crippen molar-refractivity contribution in [3.63, 3.8) is 0 Å². The van der Waals surface area contributed by atoms with Crippen molar-refractivity contribution in [2.24, 2.45) is 5.92 Å². The van der Waals surface area contributed by atoms with Crippen LogP contribution in [0.2, 0.25) is 5.02 Å². The van der Waals surface area contributed by atoms with E-state index in [0.29, 0.717) is 50.0 Å². The molecule has 2 unspecified atom stereocenters. The number of anilines is 1. The number of nitrogens with one attached hydrogen (secondary N) is 1. The zero-order chi connectivity index (χ0) is 22.7. The number of methoxy groups -OCH3 is 1. The highest BCUT2D eigenvalue weighted by Gasteiger charge is 2.32. The Morgan fingerprint density at radius 3 is 2.72 bits per heavy atom. The minimum atomic E-state index is -3.62. The molecule has 0 saturated carbocycles. The lowest BCUT2D eigenvalue weighted by atomic mass is 10.0. The Morgan fingerprint density at radius 1 is 1.28 bits per heavy atom. The Bertz CT molecular complexity index is 1100. The van der Waals surface area contributed by atoms with Gasteiger partial charge in [-0.2, -0.15) is 14.1 Å². The van der Waals surface area contributed by atoms with Crippen molar-refractivity contribution < 1.29 is 17.9 Å². The summed E-state index contributed by atoms with van der Waals surface area (Å²) >= 11 is 6.30. The van der Waals surface area contributed by atoms with Gasteiger partial charge in [-0.1, -0.05) is 11.6 Å². The monoisotopic (exact) mass is 482 g/mol. The molecule has 0 amide bonds. The van der Waals surface area contributed by atoms with Gasteiger partial charge in [0.15, 0.2) is 0 Å². The maximum absolute atomic E-state index is 12.9. The first kappa shape index (κ1) is 23.2. The highest BCUT2D eigenvalue weighted by atomic mass is 35.5. The van der Waals surface area contributed by atoms with Crippen molar-refractivity contribution >= 4 is 27.3 Å². The molecule has 4 rings (SSSR count). The summed E-state index contributed by atoms with van der Waals surface area (Å²) in [4.78, 5) is 12.9. The molecule has 0 bridgehead atoms. The van der Waals surface area contributed by atoms with Gasteiger partial charge in [0.25, 0.3) is 5.56 Å². The first-order valence-corrected chi connectivity index (χ1v) is 12.4. The van der Waals surface area contributed by atoms with Crippen molar-refractivity contribution in [1.29, 1.82) is 0 Å². The third-order valence-electron chi connectivity index (χ3n) is 5.91. The molecule has 2 aliphatic rings. The van der Waals surface area contributed by atoms with Crippen LogP contribution in [0.25, 0.3) is 5.69 Å². The van der Waals surface area contributed by atoms with Gasteiger partial charge < -0.3 is 14.8 Å². The smallest absolute Gasteiger partial charge is 0.292 e. The number of sulfonamides is 1. The molecule has 2 saturated heterocycles. The summed E-state index contributed by atoms with van der Waals surface area (Å²) in [7, 11) is -2.04. The topological polar surface area (TPSA) is 103 Å². The molecule has 0 spiro atoms. The fourth-order valence-electron chi connectivity index (χ4n) is 3.98. The molecule has 1 N–H and O–H groups in total. The van der Waals surface area contributed by atoms with Crippen LogP contribution < -0.4 is 10.9 Å². The average Bonchev–Trinajstić information content (AvgIpc) is 3.31. The number of benzene rings is 1. The van der Waals surface area contributed by atoms with E-state index in [9.17, 15) is 13.2 Å². The minimum absolute atomic E-state index is 0.0381. The van der Waals surface area contributed by atoms with Crippen LogP contribution >= 0.6 is 11.6 Å². The SMILES string of the molecule is COC1CCN(S(=O)(=O)c2ccc(-n3ncc(NCC4CCCOC4)c(Cl)c3=O)cc2)C1. The van der Waals surface area contributed by atoms with Crippen molar-refractivity contribution in [3.05, 3.63) is 45.8 Å². The maximum Gasteiger partial charge on any atom is 0.292 e. The van der Waals surface area contributed by atoms with E-state index in [1.165, 1.54) is 22.6 Å². The van der Waals surface area contributed by atoms with E-state index in [4.69, 9.17) is 21.1 Å². The van der Waals surface area contributed by atoms with E-state index >= 15 is 0 Å². The zero-order valence-electron chi connectivity index (χ0n) is 17.9. The molecule has 11 heteroatoms. The molecule has 0 radical (unpaired) electrons. The van der Waals surface area contributed by atoms with Gasteiger partial charge >= 0.3 is 0 Å². The van der Waals surface area contributed by atoms with Crippen LogP contribution in [0.3, 0.4) is 0 Å². The Labute approximate surface area is 192 Å². The summed E-state index contributed by atoms with van der Waals surface area (Å²) in [6.45, 7) is 2.88. The Morgan fingerprint density at radius 2 is 2.06 bits per heavy atom. The van der Waals surface area contributed by atoms with E-state index < -0.39 is 15.6 Å². The number of halogens is 1. The lowest BCUT2D eigenvalue weighted by Crippen LogP contribution is -2.30. The molecule has 1 aromatic heterocycles. The van der Waals surface area contributed by atoms with E-state index in [2.05, 4.69) is 10.4 Å². The largest absolute Gasteiger partial charge is 0.382 e. The van der Waals surface area contributed by atoms with Crippen molar-refractivity contribution in [2.75, 3.05) is 45.3 Å². The fraction of sp³-hybridized carbons (Fsp3) is 0.524. The van der Waals surface area contributed by atoms with Crippen LogP contribution in [0.1, 0.15) is 19.3 Å². The van der Waals surface area contributed by atoms with Gasteiger partial charge in [0.05, 0.1) is 35.2 Å². The van der Waals surface area contributed by atoms with Gasteiger partial charge in [0.2, 0.25) is 10.0 Å². The summed E-state index contributed by atoms with van der Waals surface area (Å²) in [6, 6.07) is 6.05. The normalized spacial score (nSPS) is 22.2. The average molecular weight is 483 g/mol. The second-order valence-electron chi connectivity index (χ2n) is 8.06. The highest BCUT2D eigenvalue weighted by Crippen LogP contribution is 2.24. The molecule has 0 aliphatic carbocycles. The summed E-state index contributed by atoms with van der Waals surface area (Å²) in [5, 5.41) is 7.44. The molecule has 2 aromatic rings. The molecule has 3 heterocycles. The van der Waals surface area contributed by atoms with Crippen molar-refractivity contribution in [3.8, 4) is 5.69 Å². The molecular weight excluding hydrogens is 456 g/mol. The van der Waals surface area contributed by atoms with Crippen LogP contribution in [-0.4, -0.2) is 68.6 Å². The number of nitrogens with zero attached hydrogens (tertiary/aromatic N) is 3. The van der Waals surface area contributed by atoms with Gasteiger partial charge in [-0.3, -0.25) is 4.79 Å². The van der Waals surface area contributed by atoms with E-state index in [-0.39, 0.29) is 16.0 Å². The van der Waals surface area contributed by atoms with Gasteiger partial charge in [-0.05, 0) is 49.4 Å². The zero-order valence-corrected chi connectivity index (χ0v) is 19.4. The standard InChI is InChI=1S/C21H27ClN4O5S/c1-30-17-8-9-25(13-17)32(28,29)18-6-4-16(5-7-18)26-21(27)20(22)19(12-24-26)23-11-15-3-2-10-31-14-15/h4-7,12,15,17,23H,2-3,8-11,13-14H2,1H3. The summed E-state index contributed by atoms with van der Waals surface area (Å²) < 4.78 is 39.0. The molecule has 32 heavy (non-hydrogen) atoms. The molecule has 2 aliphatic heterocycles. The van der Waals surface area contributed by atoms with E-state index in [1.54, 1.807) is 19.2 Å². The van der Waals surface area contributed by atoms with Crippen molar-refractivity contribution in [1.82, 2.24) is 14.1 Å². The van der Waals surface area contributed by atoms with Gasteiger partial charge in [0, 0.05) is 33.4 Å². The second-order valence-corrected chi connectivity index (χ2v) is 10.4. The van der Waals surface area contributed by atoms with Crippen molar-refractivity contribution in [2.45, 2.75) is 30.3 Å². The first-order valence-electron chi connectivity index (χ1n) is 10.6. The molecule has 174 valence electrons. The Balaban J connectivity index is 1.49. The Hall–Kier alpha value is -1.98. The van der Waals surface area contributed by atoms with Crippen LogP contribution in [0.5, 0.6) is 0 Å². The summed E-state index contributed by atoms with van der Waals surface area (Å²) in [5.74, 6) is 0.367. The predicted octanol–water partition coefficient (Wildman–Crippen LogP) is 2.13. The molecular formula is C21H27ClN4O5S. The second kappa shape index (κ2) is 9.88. The number of rotatable bonds is 7. The van der Waals surface area contributed by atoms with Gasteiger partial charge in [-0.15, -0.1) is 0 Å². The predicted molar refractivity (Wildman–Crippen MR) is 121 cm³/mol. The maximum atomic E-state index is 12.9. The van der Waals surface area contributed by atoms with Crippen LogP contribution in [0.15, 0.2) is 40.2 Å². The van der Waals surface area contributed by atoms with E-state index in [1.807, 2.05) is 0 Å². The lowest BCUT2D eigenvalue weighted by molar-refractivity contribution is 0.0595.